The van der Waals surface area contributed by atoms with Crippen LogP contribution in [0.25, 0.3) is 10.9 Å². The Morgan fingerprint density at radius 3 is 0.953 bits per heavy atom. The summed E-state index contributed by atoms with van der Waals surface area (Å²) >= 11 is 2.67. The Morgan fingerprint density at radius 2 is 0.674 bits per heavy atom. The Hall–Kier alpha value is -4.31. The number of nitrogens with zero attached hydrogens (tertiary/aromatic N) is 8. The SMILES string of the molecule is CS/C1=N/N=C(c2ccccc2)/C(c2ccccc2)=N\[N-]\C(SC)=N/N=C(c2ccccc2)/C(c2ccccc2)=N\[N-]1.[Ni+2]. The van der Waals surface area contributed by atoms with Gasteiger partial charge in [0.15, 0.2) is 0 Å². The standard InChI is InChI=1S/C32H26N8S2.Ni/c1-41-31-37-33-27(23-15-7-3-8-16-23)29(25-19-11-5-12-20-25)35-39-32(42-2)40-36-30(26-21-13-6-14-22-26)28(34-38-31)24-17-9-4-10-18-24;/h3-22H,1-2H3;/q-2;+2/b33-27-,34-28+,35-29+,36-30-;. The molecule has 5 rings (SSSR count). The van der Waals surface area contributed by atoms with E-state index in [0.717, 1.165) is 22.3 Å². The van der Waals surface area contributed by atoms with Crippen molar-refractivity contribution in [2.75, 3.05) is 12.5 Å². The molecule has 0 fully saturated rings. The molecule has 0 atom stereocenters. The van der Waals surface area contributed by atoms with Gasteiger partial charge >= 0.3 is 16.5 Å². The zero-order valence-electron chi connectivity index (χ0n) is 23.3. The summed E-state index contributed by atoms with van der Waals surface area (Å²) in [6.07, 6.45) is 3.76. The van der Waals surface area contributed by atoms with E-state index in [1.807, 2.05) is 134 Å². The maximum absolute atomic E-state index is 4.67. The Labute approximate surface area is 269 Å². The normalized spacial score (nSPS) is 21.3. The molecule has 1 aliphatic rings. The van der Waals surface area contributed by atoms with Crippen LogP contribution in [0.5, 0.6) is 0 Å². The maximum atomic E-state index is 4.67. The van der Waals surface area contributed by atoms with Crippen molar-refractivity contribution in [3.8, 4) is 0 Å². The van der Waals surface area contributed by atoms with E-state index < -0.39 is 0 Å². The van der Waals surface area contributed by atoms with Crippen LogP contribution in [0.3, 0.4) is 0 Å². The van der Waals surface area contributed by atoms with E-state index in [1.165, 1.54) is 23.5 Å². The fourth-order valence-electron chi connectivity index (χ4n) is 3.93. The minimum absolute atomic E-state index is 0. The predicted molar refractivity (Wildman–Crippen MR) is 181 cm³/mol. The third-order valence-electron chi connectivity index (χ3n) is 5.94. The van der Waals surface area contributed by atoms with Gasteiger partial charge in [-0.05, 0) is 12.5 Å². The van der Waals surface area contributed by atoms with Gasteiger partial charge in [-0.2, -0.15) is 0 Å². The van der Waals surface area contributed by atoms with Gasteiger partial charge in [0, 0.05) is 32.6 Å². The van der Waals surface area contributed by atoms with Gasteiger partial charge in [-0.3, -0.25) is 20.4 Å². The van der Waals surface area contributed by atoms with Crippen molar-refractivity contribution < 1.29 is 16.5 Å². The van der Waals surface area contributed by atoms with Crippen molar-refractivity contribution in [2.24, 2.45) is 30.6 Å². The van der Waals surface area contributed by atoms with Crippen LogP contribution < -0.4 is 0 Å². The third kappa shape index (κ3) is 8.38. The minimum atomic E-state index is 0. The summed E-state index contributed by atoms with van der Waals surface area (Å²) in [7, 11) is 0. The molecular formula is C32H26N8NiS2. The van der Waals surface area contributed by atoms with Crippen LogP contribution in [0, 0.1) is 0 Å². The average molecular weight is 645 g/mol. The first-order chi connectivity index (χ1) is 20.8. The van der Waals surface area contributed by atoms with E-state index in [1.54, 1.807) is 0 Å². The molecule has 1 heterocycles. The van der Waals surface area contributed by atoms with Crippen molar-refractivity contribution in [1.29, 1.82) is 0 Å². The monoisotopic (exact) mass is 644 g/mol. The molecule has 0 radical (unpaired) electrons. The largest absolute Gasteiger partial charge is 2.00 e. The molecule has 4 aromatic rings. The van der Waals surface area contributed by atoms with Crippen LogP contribution in [0.1, 0.15) is 22.3 Å². The Balaban J connectivity index is 0.00000423. The van der Waals surface area contributed by atoms with E-state index >= 15 is 0 Å². The number of thioether (sulfide) groups is 2. The molecule has 0 spiro atoms. The molecule has 216 valence electrons. The minimum Gasteiger partial charge on any atom is -0.345 e. The first kappa shape index (κ1) is 31.6. The molecule has 0 N–H and O–H groups in total. The van der Waals surface area contributed by atoms with E-state index in [2.05, 4.69) is 41.5 Å². The van der Waals surface area contributed by atoms with E-state index in [4.69, 9.17) is 0 Å². The molecule has 1 aliphatic heterocycles. The van der Waals surface area contributed by atoms with Crippen molar-refractivity contribution in [3.05, 3.63) is 154 Å². The van der Waals surface area contributed by atoms with E-state index in [-0.39, 0.29) is 16.5 Å². The summed E-state index contributed by atoms with van der Waals surface area (Å²) in [5.74, 6) is 0. The molecule has 0 bridgehead atoms. The second-order valence-electron chi connectivity index (χ2n) is 8.63. The Bertz CT molecular complexity index is 1540. The van der Waals surface area contributed by atoms with Crippen molar-refractivity contribution in [3.63, 3.8) is 0 Å². The third-order valence-corrected chi connectivity index (χ3v) is 7.00. The fraction of sp³-hybridized carbons (Fsp3) is 0.0625. The molecule has 0 saturated heterocycles. The second kappa shape index (κ2) is 16.4. The van der Waals surface area contributed by atoms with Gasteiger partial charge in [0.2, 0.25) is 0 Å². The number of rotatable bonds is 4. The predicted octanol–water partition coefficient (Wildman–Crippen LogP) is 7.80. The van der Waals surface area contributed by atoms with Crippen LogP contribution >= 0.6 is 23.5 Å². The molecular weight excluding hydrogens is 619 g/mol. The maximum Gasteiger partial charge on any atom is 2.00 e. The van der Waals surface area contributed by atoms with Crippen LogP contribution in [-0.2, 0) is 16.5 Å². The molecule has 0 unspecified atom stereocenters. The van der Waals surface area contributed by atoms with Crippen LogP contribution in [0.2, 0.25) is 0 Å². The van der Waals surface area contributed by atoms with Gasteiger partial charge < -0.3 is 21.1 Å². The Kier molecular flexibility index (Phi) is 12.0. The summed E-state index contributed by atoms with van der Waals surface area (Å²) in [5.41, 5.74) is 14.5. The van der Waals surface area contributed by atoms with Gasteiger partial charge in [-0.15, -0.1) is 23.5 Å². The van der Waals surface area contributed by atoms with Crippen LogP contribution in [-0.4, -0.2) is 45.7 Å². The average Bonchev–Trinajstić information content (AvgIpc) is 3.06. The summed E-state index contributed by atoms with van der Waals surface area (Å²) in [6.45, 7) is 0. The number of benzene rings is 4. The molecule has 0 saturated carbocycles. The van der Waals surface area contributed by atoms with Crippen molar-refractivity contribution in [2.45, 2.75) is 0 Å². The van der Waals surface area contributed by atoms with Gasteiger partial charge in [-0.1, -0.05) is 121 Å². The van der Waals surface area contributed by atoms with E-state index in [0.29, 0.717) is 33.2 Å². The first-order valence-electron chi connectivity index (χ1n) is 13.0. The number of hydrogen-bond acceptors (Lipinski definition) is 8. The molecule has 0 aromatic heterocycles. The fourth-order valence-corrected chi connectivity index (χ4v) is 4.42. The summed E-state index contributed by atoms with van der Waals surface area (Å²) in [6, 6.07) is 39.0. The van der Waals surface area contributed by atoms with Gasteiger partial charge in [0.05, 0.1) is 22.8 Å². The molecule has 8 nitrogen and oxygen atoms in total. The van der Waals surface area contributed by atoms with Crippen LogP contribution in [0.4, 0.5) is 0 Å². The summed E-state index contributed by atoms with van der Waals surface area (Å²) in [4.78, 5) is 0. The van der Waals surface area contributed by atoms with E-state index in [9.17, 15) is 0 Å². The zero-order chi connectivity index (χ0) is 29.0. The topological polar surface area (TPSA) is 102 Å². The summed E-state index contributed by atoms with van der Waals surface area (Å²) < 4.78 is 0. The Morgan fingerprint density at radius 1 is 0.395 bits per heavy atom. The molecule has 0 aliphatic carbocycles. The van der Waals surface area contributed by atoms with Gasteiger partial charge in [0.25, 0.3) is 0 Å². The van der Waals surface area contributed by atoms with Crippen molar-refractivity contribution >= 4 is 56.7 Å². The zero-order valence-corrected chi connectivity index (χ0v) is 25.9. The quantitative estimate of drug-likeness (QED) is 0.212. The number of amidine groups is 2. The molecule has 43 heavy (non-hydrogen) atoms. The van der Waals surface area contributed by atoms with Crippen LogP contribution in [0.15, 0.2) is 152 Å². The number of hydrogen-bond donors (Lipinski definition) is 0. The second-order valence-corrected chi connectivity index (χ2v) is 10.2. The van der Waals surface area contributed by atoms with Crippen molar-refractivity contribution in [1.82, 2.24) is 0 Å². The molecule has 0 amide bonds. The van der Waals surface area contributed by atoms with Gasteiger partial charge in [0.1, 0.15) is 0 Å². The molecule has 4 aromatic carbocycles. The first-order valence-corrected chi connectivity index (χ1v) is 15.4. The van der Waals surface area contributed by atoms with Gasteiger partial charge in [-0.25, -0.2) is 0 Å². The smallest absolute Gasteiger partial charge is 0.345 e. The molecule has 11 heteroatoms. The summed E-state index contributed by atoms with van der Waals surface area (Å²) in [5, 5.41) is 28.5.